The first-order chi connectivity index (χ1) is 17.0. The second-order valence-corrected chi connectivity index (χ2v) is 10.9. The highest BCUT2D eigenvalue weighted by molar-refractivity contribution is 5.97. The number of carbonyl (C=O) groups excluding carboxylic acids is 1. The number of fused-ring (bicyclic) bond motifs is 1. The molecular formula is C25H30N6O4. The first kappa shape index (κ1) is 21.3. The van der Waals surface area contributed by atoms with Gasteiger partial charge in [-0.05, 0) is 68.8 Å². The van der Waals surface area contributed by atoms with E-state index in [0.29, 0.717) is 42.4 Å². The summed E-state index contributed by atoms with van der Waals surface area (Å²) in [6.07, 6.45) is 10.1. The smallest absolute Gasteiger partial charge is 0.316 e. The number of nitrogens with one attached hydrogen (secondary N) is 3. The summed E-state index contributed by atoms with van der Waals surface area (Å²) >= 11 is 0. The van der Waals surface area contributed by atoms with Gasteiger partial charge in [-0.2, -0.15) is 4.98 Å². The van der Waals surface area contributed by atoms with Crippen molar-refractivity contribution in [3.63, 3.8) is 0 Å². The number of aromatic amines is 1. The average molecular weight is 479 g/mol. The number of nitrogens with zero attached hydrogens (tertiary/aromatic N) is 3. The Kier molecular flexibility index (Phi) is 4.89. The summed E-state index contributed by atoms with van der Waals surface area (Å²) < 4.78 is 10.7. The summed E-state index contributed by atoms with van der Waals surface area (Å²) in [5.41, 5.74) is 1.90. The molecule has 1 aliphatic heterocycles. The van der Waals surface area contributed by atoms with Crippen LogP contribution in [0.3, 0.4) is 0 Å². The first-order valence-electron chi connectivity index (χ1n) is 12.7. The molecule has 4 saturated carbocycles. The van der Waals surface area contributed by atoms with Gasteiger partial charge < -0.3 is 30.0 Å². The summed E-state index contributed by atoms with van der Waals surface area (Å²) in [7, 11) is 0. The number of aromatic nitrogens is 4. The van der Waals surface area contributed by atoms with Gasteiger partial charge in [0.15, 0.2) is 0 Å². The van der Waals surface area contributed by atoms with E-state index in [1.807, 2.05) is 12.3 Å². The van der Waals surface area contributed by atoms with Crippen molar-refractivity contribution in [1.82, 2.24) is 25.4 Å². The van der Waals surface area contributed by atoms with E-state index in [0.717, 1.165) is 61.7 Å². The molecule has 4 bridgehead atoms. The van der Waals surface area contributed by atoms with Crippen molar-refractivity contribution in [2.45, 2.75) is 62.6 Å². The molecule has 184 valence electrons. The molecule has 10 nitrogen and oxygen atoms in total. The summed E-state index contributed by atoms with van der Waals surface area (Å²) in [5.74, 6) is 1.43. The molecule has 3 aromatic rings. The molecule has 0 aromatic carbocycles. The average Bonchev–Trinajstić information content (AvgIpc) is 3.51. The highest BCUT2D eigenvalue weighted by atomic mass is 16.5. The van der Waals surface area contributed by atoms with Gasteiger partial charge in [-0.25, -0.2) is 4.98 Å². The van der Waals surface area contributed by atoms with Crippen LogP contribution < -0.4 is 10.6 Å². The largest absolute Gasteiger partial charge is 0.390 e. The van der Waals surface area contributed by atoms with Crippen molar-refractivity contribution in [1.29, 1.82) is 0 Å². The van der Waals surface area contributed by atoms with E-state index in [9.17, 15) is 9.90 Å². The van der Waals surface area contributed by atoms with Crippen LogP contribution in [0.4, 0.5) is 5.69 Å². The van der Waals surface area contributed by atoms with Crippen LogP contribution >= 0.6 is 0 Å². The number of pyridine rings is 1. The Bertz CT molecular complexity index is 1250. The maximum absolute atomic E-state index is 12.7. The van der Waals surface area contributed by atoms with E-state index < -0.39 is 5.60 Å². The van der Waals surface area contributed by atoms with Gasteiger partial charge in [0.05, 0.1) is 16.9 Å². The Morgan fingerprint density at radius 1 is 1.17 bits per heavy atom. The molecule has 5 aliphatic rings. The van der Waals surface area contributed by atoms with Crippen LogP contribution in [0.1, 0.15) is 55.6 Å². The van der Waals surface area contributed by atoms with E-state index in [1.165, 1.54) is 0 Å². The summed E-state index contributed by atoms with van der Waals surface area (Å²) in [6.45, 7) is 1.28. The molecule has 10 heteroatoms. The number of amides is 1. The van der Waals surface area contributed by atoms with Crippen molar-refractivity contribution >= 4 is 22.6 Å². The predicted octanol–water partition coefficient (Wildman–Crippen LogP) is 2.87. The molecule has 5 atom stereocenters. The number of carbonyl (C=O) groups is 1. The Hall–Kier alpha value is -2.98. The fourth-order valence-corrected chi connectivity index (χ4v) is 7.23. The molecule has 5 fully saturated rings. The van der Waals surface area contributed by atoms with Crippen LogP contribution in [-0.2, 0) is 4.74 Å². The van der Waals surface area contributed by atoms with E-state index in [2.05, 4.69) is 30.7 Å². The number of rotatable bonds is 5. The van der Waals surface area contributed by atoms with Crippen LogP contribution in [0.2, 0.25) is 0 Å². The molecule has 0 spiro atoms. The number of anilines is 1. The monoisotopic (exact) mass is 478 g/mol. The van der Waals surface area contributed by atoms with Crippen LogP contribution in [0.15, 0.2) is 23.0 Å². The van der Waals surface area contributed by atoms with Crippen molar-refractivity contribution in [3.05, 3.63) is 24.4 Å². The topological polar surface area (TPSA) is 138 Å². The second kappa shape index (κ2) is 8.03. The van der Waals surface area contributed by atoms with Gasteiger partial charge in [-0.3, -0.25) is 4.79 Å². The SMILES string of the molecule is O=C(NC1CCOCC1)c1nc(-c2cnc3[nH]ccc3c2N[C@H]2[C@@H]3CC4C[C@H]2C[C@@](O)(C4)C3)no1. The fraction of sp³-hybridized carbons (Fsp3) is 0.600. The van der Waals surface area contributed by atoms with Gasteiger partial charge in [0.25, 0.3) is 0 Å². The molecule has 4 heterocycles. The lowest BCUT2D eigenvalue weighted by Crippen LogP contribution is -2.59. The number of aliphatic hydroxyl groups is 1. The lowest BCUT2D eigenvalue weighted by Gasteiger charge is -2.58. The minimum Gasteiger partial charge on any atom is -0.390 e. The van der Waals surface area contributed by atoms with Crippen molar-refractivity contribution in [3.8, 4) is 11.4 Å². The third kappa shape index (κ3) is 3.70. The molecule has 4 N–H and O–H groups in total. The van der Waals surface area contributed by atoms with Gasteiger partial charge in [-0.15, -0.1) is 0 Å². The maximum atomic E-state index is 12.7. The molecule has 1 saturated heterocycles. The normalized spacial score (nSPS) is 32.3. The van der Waals surface area contributed by atoms with E-state index in [4.69, 9.17) is 9.26 Å². The predicted molar refractivity (Wildman–Crippen MR) is 127 cm³/mol. The van der Waals surface area contributed by atoms with Crippen molar-refractivity contribution < 1.29 is 19.2 Å². The maximum Gasteiger partial charge on any atom is 0.316 e. The zero-order valence-corrected chi connectivity index (χ0v) is 19.5. The molecule has 3 aromatic heterocycles. The molecule has 8 rings (SSSR count). The summed E-state index contributed by atoms with van der Waals surface area (Å²) in [6, 6.07) is 2.32. The number of hydrogen-bond donors (Lipinski definition) is 4. The second-order valence-electron chi connectivity index (χ2n) is 10.9. The van der Waals surface area contributed by atoms with Gasteiger partial charge in [0.1, 0.15) is 5.65 Å². The lowest BCUT2D eigenvalue weighted by molar-refractivity contribution is -0.129. The minimum absolute atomic E-state index is 0.0495. The Morgan fingerprint density at radius 2 is 1.97 bits per heavy atom. The van der Waals surface area contributed by atoms with Gasteiger partial charge >= 0.3 is 11.8 Å². The van der Waals surface area contributed by atoms with E-state index in [-0.39, 0.29) is 23.9 Å². The summed E-state index contributed by atoms with van der Waals surface area (Å²) in [5, 5.41) is 22.9. The third-order valence-electron chi connectivity index (χ3n) is 8.56. The molecule has 35 heavy (non-hydrogen) atoms. The van der Waals surface area contributed by atoms with Gasteiger partial charge in [0, 0.05) is 43.1 Å². The Labute approximate surface area is 202 Å². The minimum atomic E-state index is -0.487. The van der Waals surface area contributed by atoms with Crippen LogP contribution in [0.25, 0.3) is 22.4 Å². The van der Waals surface area contributed by atoms with Crippen molar-refractivity contribution in [2.24, 2.45) is 17.8 Å². The van der Waals surface area contributed by atoms with Crippen LogP contribution in [-0.4, -0.2) is 62.0 Å². The number of ether oxygens (including phenoxy) is 1. The zero-order chi connectivity index (χ0) is 23.6. The lowest BCUT2D eigenvalue weighted by atomic mass is 9.52. The standard InChI is InChI=1S/C25H30N6O4/c32-23(28-16-2-5-34-6-3-16)24-30-22(31-35-24)18-12-27-21-17(1-4-26-21)20(18)29-19-14-7-13-8-15(19)11-25(33,9-13)10-14/h1,4,12-16,19,33H,2-3,5-11H2,(H,28,32)(H2,26,27,29)/t13?,14-,15+,19+,25-. The number of H-pyrrole nitrogens is 1. The highest BCUT2D eigenvalue weighted by Crippen LogP contribution is 2.56. The molecular weight excluding hydrogens is 448 g/mol. The summed E-state index contributed by atoms with van der Waals surface area (Å²) in [4.78, 5) is 24.9. The Balaban J connectivity index is 1.19. The van der Waals surface area contributed by atoms with E-state index >= 15 is 0 Å². The van der Waals surface area contributed by atoms with Crippen LogP contribution in [0, 0.1) is 17.8 Å². The molecule has 1 unspecified atom stereocenters. The van der Waals surface area contributed by atoms with Crippen molar-refractivity contribution in [2.75, 3.05) is 18.5 Å². The molecule has 0 radical (unpaired) electrons. The Morgan fingerprint density at radius 3 is 2.74 bits per heavy atom. The molecule has 4 aliphatic carbocycles. The number of hydrogen-bond acceptors (Lipinski definition) is 8. The fourth-order valence-electron chi connectivity index (χ4n) is 7.23. The highest BCUT2D eigenvalue weighted by Gasteiger charge is 2.54. The van der Waals surface area contributed by atoms with Gasteiger partial charge in [0.2, 0.25) is 5.82 Å². The van der Waals surface area contributed by atoms with E-state index in [1.54, 1.807) is 6.20 Å². The first-order valence-corrected chi connectivity index (χ1v) is 12.7. The third-order valence-corrected chi connectivity index (χ3v) is 8.56. The quantitative estimate of drug-likeness (QED) is 0.439. The van der Waals surface area contributed by atoms with Crippen LogP contribution in [0.5, 0.6) is 0 Å². The van der Waals surface area contributed by atoms with Gasteiger partial charge in [-0.1, -0.05) is 5.16 Å². The molecule has 1 amide bonds. The zero-order valence-electron chi connectivity index (χ0n) is 19.5.